The maximum atomic E-state index is 13.6. The number of fused-ring (bicyclic) bond motifs is 1. The number of halogens is 2. The van der Waals surface area contributed by atoms with Crippen molar-refractivity contribution in [2.45, 2.75) is 24.8 Å². The maximum Gasteiger partial charge on any atom is 0.131 e. The zero-order valence-electron chi connectivity index (χ0n) is 9.40. The fourth-order valence-electron chi connectivity index (χ4n) is 2.53. The first-order valence-corrected chi connectivity index (χ1v) is 5.70. The lowest BCUT2D eigenvalue weighted by atomic mass is 9.74. The van der Waals surface area contributed by atoms with Crippen LogP contribution in [0.4, 0.5) is 4.39 Å². The van der Waals surface area contributed by atoms with E-state index in [0.29, 0.717) is 11.3 Å². The first-order chi connectivity index (χ1) is 7.77. The topological polar surface area (TPSA) is 26.0 Å². The first kappa shape index (κ1) is 12.3. The Morgan fingerprint density at radius 2 is 1.71 bits per heavy atom. The van der Waals surface area contributed by atoms with Gasteiger partial charge >= 0.3 is 0 Å². The summed E-state index contributed by atoms with van der Waals surface area (Å²) in [7, 11) is 0. The van der Waals surface area contributed by atoms with Gasteiger partial charge in [-0.1, -0.05) is 30.3 Å². The monoisotopic (exact) mass is 251 g/mol. The van der Waals surface area contributed by atoms with E-state index in [2.05, 4.69) is 6.07 Å². The molecule has 2 N–H and O–H groups in total. The van der Waals surface area contributed by atoms with Crippen LogP contribution in [0.3, 0.4) is 0 Å². The highest BCUT2D eigenvalue weighted by Gasteiger charge is 2.29. The van der Waals surface area contributed by atoms with Crippen molar-refractivity contribution >= 4 is 23.2 Å². The van der Waals surface area contributed by atoms with Gasteiger partial charge in [0.05, 0.1) is 0 Å². The van der Waals surface area contributed by atoms with E-state index in [-0.39, 0.29) is 24.3 Å². The second-order valence-corrected chi connectivity index (χ2v) is 4.53. The summed E-state index contributed by atoms with van der Waals surface area (Å²) in [6.45, 7) is 0. The van der Waals surface area contributed by atoms with E-state index in [0.717, 1.165) is 18.2 Å². The smallest absolute Gasteiger partial charge is 0.131 e. The fourth-order valence-corrected chi connectivity index (χ4v) is 2.53. The summed E-state index contributed by atoms with van der Waals surface area (Å²) in [5, 5.41) is 1.72. The van der Waals surface area contributed by atoms with Gasteiger partial charge in [0.2, 0.25) is 0 Å². The standard InChI is InChI=1S/C14H14FN.ClH/c15-13-6-2-4-9-10(3-1-5-11(9)13)12-7-8-14(12)16;/h1-6,12,14H,7-8,16H2;1H/t12?,14-;/m0./s1. The van der Waals surface area contributed by atoms with Crippen LogP contribution in [0.1, 0.15) is 24.3 Å². The van der Waals surface area contributed by atoms with Crippen molar-refractivity contribution in [1.82, 2.24) is 0 Å². The van der Waals surface area contributed by atoms with Crippen LogP contribution in [0.15, 0.2) is 36.4 Å². The van der Waals surface area contributed by atoms with E-state index in [1.807, 2.05) is 18.2 Å². The van der Waals surface area contributed by atoms with Gasteiger partial charge in [-0.2, -0.15) is 0 Å². The second-order valence-electron chi connectivity index (χ2n) is 4.53. The van der Waals surface area contributed by atoms with E-state index < -0.39 is 0 Å². The van der Waals surface area contributed by atoms with Crippen molar-refractivity contribution in [3.63, 3.8) is 0 Å². The Kier molecular flexibility index (Phi) is 3.36. The van der Waals surface area contributed by atoms with Crippen LogP contribution in [0.5, 0.6) is 0 Å². The molecule has 0 aromatic heterocycles. The zero-order chi connectivity index (χ0) is 11.1. The third kappa shape index (κ3) is 1.92. The van der Waals surface area contributed by atoms with Crippen LogP contribution in [-0.2, 0) is 0 Å². The predicted molar refractivity (Wildman–Crippen MR) is 71.1 cm³/mol. The molecule has 2 aromatic carbocycles. The Bertz CT molecular complexity index is 541. The molecule has 0 radical (unpaired) electrons. The lowest BCUT2D eigenvalue weighted by molar-refractivity contribution is 0.348. The highest BCUT2D eigenvalue weighted by atomic mass is 35.5. The summed E-state index contributed by atoms with van der Waals surface area (Å²) in [4.78, 5) is 0. The third-order valence-electron chi connectivity index (χ3n) is 3.63. The molecule has 2 aromatic rings. The predicted octanol–water partition coefficient (Wildman–Crippen LogP) is 3.61. The maximum absolute atomic E-state index is 13.6. The molecule has 3 heteroatoms. The van der Waals surface area contributed by atoms with Crippen LogP contribution >= 0.6 is 12.4 Å². The largest absolute Gasteiger partial charge is 0.327 e. The number of hydrogen-bond acceptors (Lipinski definition) is 1. The summed E-state index contributed by atoms with van der Waals surface area (Å²) in [5.41, 5.74) is 7.19. The second kappa shape index (κ2) is 4.63. The van der Waals surface area contributed by atoms with Crippen molar-refractivity contribution in [3.05, 3.63) is 47.8 Å². The molecule has 1 aliphatic rings. The lowest BCUT2D eigenvalue weighted by Crippen LogP contribution is -2.37. The Labute approximate surface area is 106 Å². The molecule has 17 heavy (non-hydrogen) atoms. The molecule has 1 unspecified atom stereocenters. The molecule has 0 saturated heterocycles. The number of benzene rings is 2. The fraction of sp³-hybridized carbons (Fsp3) is 0.286. The molecule has 1 aliphatic carbocycles. The molecule has 0 bridgehead atoms. The van der Waals surface area contributed by atoms with Gasteiger partial charge in [-0.15, -0.1) is 12.4 Å². The number of hydrogen-bond donors (Lipinski definition) is 1. The number of nitrogens with two attached hydrogens (primary N) is 1. The van der Waals surface area contributed by atoms with Gasteiger partial charge in [-0.25, -0.2) is 4.39 Å². The molecule has 1 fully saturated rings. The minimum atomic E-state index is -0.146. The van der Waals surface area contributed by atoms with Gasteiger partial charge in [-0.05, 0) is 35.8 Å². The highest BCUT2D eigenvalue weighted by molar-refractivity contribution is 5.87. The molecule has 1 saturated carbocycles. The van der Waals surface area contributed by atoms with Crippen LogP contribution < -0.4 is 5.73 Å². The molecule has 90 valence electrons. The van der Waals surface area contributed by atoms with Crippen molar-refractivity contribution in [2.24, 2.45) is 5.73 Å². The summed E-state index contributed by atoms with van der Waals surface area (Å²) in [5.74, 6) is 0.262. The first-order valence-electron chi connectivity index (χ1n) is 5.70. The average molecular weight is 252 g/mol. The Hall–Kier alpha value is -1.12. The number of rotatable bonds is 1. The molecular formula is C14H15ClFN. The third-order valence-corrected chi connectivity index (χ3v) is 3.63. The van der Waals surface area contributed by atoms with E-state index in [9.17, 15) is 4.39 Å². The molecular weight excluding hydrogens is 237 g/mol. The quantitative estimate of drug-likeness (QED) is 0.823. The zero-order valence-corrected chi connectivity index (χ0v) is 10.2. The van der Waals surface area contributed by atoms with Crippen LogP contribution in [0.25, 0.3) is 10.8 Å². The molecule has 2 atom stereocenters. The highest BCUT2D eigenvalue weighted by Crippen LogP contribution is 2.39. The minimum absolute atomic E-state index is 0. The Morgan fingerprint density at radius 1 is 1.00 bits per heavy atom. The average Bonchev–Trinajstić information content (AvgIpc) is 2.29. The summed E-state index contributed by atoms with van der Waals surface area (Å²) in [6, 6.07) is 11.3. The SMILES string of the molecule is Cl.N[C@H]1CCC1c1cccc2c(F)cccc12. The van der Waals surface area contributed by atoms with Gasteiger partial charge in [-0.3, -0.25) is 0 Å². The van der Waals surface area contributed by atoms with Crippen LogP contribution in [0, 0.1) is 5.82 Å². The molecule has 0 heterocycles. The minimum Gasteiger partial charge on any atom is -0.327 e. The molecule has 0 aliphatic heterocycles. The molecule has 0 amide bonds. The van der Waals surface area contributed by atoms with Crippen molar-refractivity contribution in [1.29, 1.82) is 0 Å². The van der Waals surface area contributed by atoms with E-state index >= 15 is 0 Å². The van der Waals surface area contributed by atoms with E-state index in [1.165, 1.54) is 11.6 Å². The van der Waals surface area contributed by atoms with Gasteiger partial charge < -0.3 is 5.73 Å². The summed E-state index contributed by atoms with van der Waals surface area (Å²) >= 11 is 0. The van der Waals surface area contributed by atoms with Gasteiger partial charge in [0.15, 0.2) is 0 Å². The van der Waals surface area contributed by atoms with E-state index in [1.54, 1.807) is 6.07 Å². The van der Waals surface area contributed by atoms with Crippen molar-refractivity contribution < 1.29 is 4.39 Å². The summed E-state index contributed by atoms with van der Waals surface area (Å²) < 4.78 is 13.6. The molecule has 3 rings (SSSR count). The van der Waals surface area contributed by atoms with Gasteiger partial charge in [0, 0.05) is 11.4 Å². The molecule has 0 spiro atoms. The van der Waals surface area contributed by atoms with E-state index in [4.69, 9.17) is 5.73 Å². The van der Waals surface area contributed by atoms with Crippen molar-refractivity contribution in [3.8, 4) is 0 Å². The van der Waals surface area contributed by atoms with Crippen LogP contribution in [-0.4, -0.2) is 6.04 Å². The lowest BCUT2D eigenvalue weighted by Gasteiger charge is -2.34. The summed E-state index contributed by atoms with van der Waals surface area (Å²) in [6.07, 6.45) is 2.20. The van der Waals surface area contributed by atoms with Gasteiger partial charge in [0.1, 0.15) is 5.82 Å². The molecule has 1 nitrogen and oxygen atoms in total. The Balaban J connectivity index is 0.00000108. The van der Waals surface area contributed by atoms with Gasteiger partial charge in [0.25, 0.3) is 0 Å². The Morgan fingerprint density at radius 3 is 2.35 bits per heavy atom. The van der Waals surface area contributed by atoms with Crippen molar-refractivity contribution in [2.75, 3.05) is 0 Å². The van der Waals surface area contributed by atoms with Crippen LogP contribution in [0.2, 0.25) is 0 Å². The normalized spacial score (nSPS) is 22.9.